The van der Waals surface area contributed by atoms with E-state index in [0.29, 0.717) is 11.8 Å². The predicted octanol–water partition coefficient (Wildman–Crippen LogP) is 9.69. The van der Waals surface area contributed by atoms with E-state index in [1.54, 1.807) is 0 Å². The van der Waals surface area contributed by atoms with Crippen molar-refractivity contribution in [3.05, 3.63) is 29.3 Å². The van der Waals surface area contributed by atoms with Crippen LogP contribution in [-0.4, -0.2) is 17.8 Å². The third-order valence-electron chi connectivity index (χ3n) is 5.58. The van der Waals surface area contributed by atoms with Crippen molar-refractivity contribution in [3.8, 4) is 0 Å². The molecular weight excluding hydrogens is 543 g/mol. The normalized spacial score (nSPS) is 12.1. The van der Waals surface area contributed by atoms with Gasteiger partial charge >= 0.3 is 35.5 Å². The number of para-hydroxylation sites is 1. The molecule has 0 amide bonds. The van der Waals surface area contributed by atoms with Gasteiger partial charge in [-0.15, -0.1) is 0 Å². The summed E-state index contributed by atoms with van der Waals surface area (Å²) in [5.74, 6) is 1.00. The van der Waals surface area contributed by atoms with Crippen molar-refractivity contribution in [3.63, 3.8) is 0 Å². The van der Waals surface area contributed by atoms with Gasteiger partial charge in [-0.25, -0.2) is 0 Å². The van der Waals surface area contributed by atoms with Gasteiger partial charge in [-0.1, -0.05) is 84.9 Å². The zero-order chi connectivity index (χ0) is 24.0. The molecular formula is C28H53HfN2. The molecule has 1 aromatic carbocycles. The van der Waals surface area contributed by atoms with Crippen molar-refractivity contribution >= 4 is 11.4 Å². The fraction of sp³-hybridized carbons (Fsp3) is 0.750. The molecule has 1 N–H and O–H groups in total. The molecule has 0 spiro atoms. The van der Waals surface area contributed by atoms with E-state index in [1.807, 2.05) is 0 Å². The molecule has 0 aromatic heterocycles. The van der Waals surface area contributed by atoms with E-state index in [0.717, 1.165) is 6.54 Å². The Morgan fingerprint density at radius 1 is 0.903 bits per heavy atom. The zero-order valence-electron chi connectivity index (χ0n) is 22.8. The maximum absolute atomic E-state index is 4.91. The standard InChI is InChI=1S/C25H44N2.3CH3.Hf/c1-9-10-11-12-13-14-18-26-21(6)25(7,8)27-24-22(19(2)3)16-15-17-23(24)20(4)5;;;;/h15-17,19-20,27H,9-14,18H2,1-8H3;3*1H3;/b26-21+;;;;. The van der Waals surface area contributed by atoms with Crippen LogP contribution >= 0.6 is 0 Å². The van der Waals surface area contributed by atoms with E-state index in [4.69, 9.17) is 4.99 Å². The first-order valence-electron chi connectivity index (χ1n) is 12.6. The second kappa shape index (κ2) is 16.2. The van der Waals surface area contributed by atoms with Crippen molar-refractivity contribution in [2.45, 2.75) is 125 Å². The van der Waals surface area contributed by atoms with Crippen molar-refractivity contribution in [1.82, 2.24) is 0 Å². The molecule has 2 nitrogen and oxygen atoms in total. The van der Waals surface area contributed by atoms with Crippen molar-refractivity contribution in [2.75, 3.05) is 11.9 Å². The van der Waals surface area contributed by atoms with E-state index < -0.39 is 21.4 Å². The summed E-state index contributed by atoms with van der Waals surface area (Å²) in [4.78, 5) is 4.91. The van der Waals surface area contributed by atoms with Gasteiger partial charge in [-0.3, -0.25) is 4.99 Å². The minimum atomic E-state index is -0.657. The van der Waals surface area contributed by atoms with Crippen LogP contribution < -0.4 is 5.32 Å². The Morgan fingerprint density at radius 2 is 1.35 bits per heavy atom. The summed E-state index contributed by atoms with van der Waals surface area (Å²) in [6.45, 7) is 19.0. The van der Waals surface area contributed by atoms with Crippen LogP contribution in [0.15, 0.2) is 23.2 Å². The summed E-state index contributed by atoms with van der Waals surface area (Å²) in [5.41, 5.74) is 5.17. The molecule has 179 valence electrons. The van der Waals surface area contributed by atoms with Crippen LogP contribution in [0.5, 0.6) is 0 Å². The summed E-state index contributed by atoms with van der Waals surface area (Å²) in [7, 11) is 0. The summed E-state index contributed by atoms with van der Waals surface area (Å²) >= 11 is -0.657. The Balaban J connectivity index is 0.00000206. The van der Waals surface area contributed by atoms with E-state index in [-0.39, 0.29) is 5.54 Å². The average Bonchev–Trinajstić information content (AvgIpc) is 2.66. The van der Waals surface area contributed by atoms with Crippen LogP contribution in [0.1, 0.15) is 117 Å². The van der Waals surface area contributed by atoms with E-state index in [9.17, 15) is 0 Å². The van der Waals surface area contributed by atoms with E-state index in [1.165, 1.54) is 61.1 Å². The third kappa shape index (κ3) is 13.0. The first kappa shape index (κ1) is 30.6. The van der Waals surface area contributed by atoms with Gasteiger partial charge < -0.3 is 5.32 Å². The number of hydrogen-bond donors (Lipinski definition) is 1. The van der Waals surface area contributed by atoms with Gasteiger partial charge in [0.25, 0.3) is 0 Å². The number of rotatable bonds is 12. The van der Waals surface area contributed by atoms with Gasteiger partial charge in [-0.05, 0) is 50.2 Å². The van der Waals surface area contributed by atoms with Crippen LogP contribution in [-0.2, 0) is 21.4 Å². The molecule has 1 rings (SSSR count). The molecule has 0 aliphatic carbocycles. The van der Waals surface area contributed by atoms with Crippen molar-refractivity contribution in [2.24, 2.45) is 4.99 Å². The van der Waals surface area contributed by atoms with E-state index >= 15 is 0 Å². The Morgan fingerprint density at radius 3 is 1.81 bits per heavy atom. The Hall–Kier alpha value is -0.440. The van der Waals surface area contributed by atoms with Gasteiger partial charge in [-0.2, -0.15) is 0 Å². The molecule has 0 aliphatic rings. The first-order valence-corrected chi connectivity index (χ1v) is 23.4. The number of unbranched alkanes of at least 4 members (excludes halogenated alkanes) is 5. The minimum absolute atomic E-state index is 0.142. The second-order valence-corrected chi connectivity index (χ2v) is 21.4. The number of aliphatic imine (C=N–C) groups is 1. The fourth-order valence-corrected chi connectivity index (χ4v) is 3.43. The molecule has 0 unspecified atom stereocenters. The van der Waals surface area contributed by atoms with Crippen LogP contribution in [0, 0.1) is 0 Å². The molecule has 1 aromatic rings. The zero-order valence-corrected chi connectivity index (χ0v) is 26.4. The number of benzene rings is 1. The van der Waals surface area contributed by atoms with Gasteiger partial charge in [0.1, 0.15) is 0 Å². The van der Waals surface area contributed by atoms with Crippen molar-refractivity contribution in [1.29, 1.82) is 0 Å². The molecule has 0 atom stereocenters. The SMILES string of the molecule is CCCCCCCC/N=C(\C)C(C)(C)Nc1c(C(C)C)cccc1C(C)C.[CH3][Hf]([CH3])[CH3]. The molecule has 0 radical (unpaired) electrons. The molecule has 0 aliphatic heterocycles. The maximum atomic E-state index is 4.91. The first-order chi connectivity index (χ1) is 14.4. The molecule has 0 saturated heterocycles. The summed E-state index contributed by atoms with van der Waals surface area (Å²) in [6, 6.07) is 6.72. The second-order valence-electron chi connectivity index (χ2n) is 10.6. The molecule has 0 bridgehead atoms. The topological polar surface area (TPSA) is 24.4 Å². The summed E-state index contributed by atoms with van der Waals surface area (Å²) in [6.07, 6.45) is 7.91. The van der Waals surface area contributed by atoms with Crippen LogP contribution in [0.25, 0.3) is 0 Å². The van der Waals surface area contributed by atoms with Crippen LogP contribution in [0.4, 0.5) is 5.69 Å². The molecule has 3 heteroatoms. The molecule has 0 fully saturated rings. The number of nitrogens with one attached hydrogen (secondary N) is 1. The summed E-state index contributed by atoms with van der Waals surface area (Å²) in [5, 5.41) is 3.86. The Kier molecular flexibility index (Phi) is 16.0. The summed E-state index contributed by atoms with van der Waals surface area (Å²) < 4.78 is 7.14. The van der Waals surface area contributed by atoms with Gasteiger partial charge in [0, 0.05) is 17.9 Å². The van der Waals surface area contributed by atoms with Gasteiger partial charge in [0.2, 0.25) is 0 Å². The Bertz CT molecular complexity index is 601. The van der Waals surface area contributed by atoms with Gasteiger partial charge in [0.05, 0.1) is 5.54 Å². The number of nitrogens with zero attached hydrogens (tertiary/aromatic N) is 1. The monoisotopic (exact) mass is 597 g/mol. The third-order valence-corrected chi connectivity index (χ3v) is 5.58. The molecule has 31 heavy (non-hydrogen) atoms. The molecule has 0 saturated carbocycles. The average molecular weight is 596 g/mol. The Labute approximate surface area is 203 Å². The number of hydrogen-bond acceptors (Lipinski definition) is 2. The number of anilines is 1. The van der Waals surface area contributed by atoms with Crippen molar-refractivity contribution < 1.29 is 21.4 Å². The quantitative estimate of drug-likeness (QED) is 0.145. The fourth-order valence-electron chi connectivity index (χ4n) is 3.43. The van der Waals surface area contributed by atoms with E-state index in [2.05, 4.69) is 92.9 Å². The van der Waals surface area contributed by atoms with Gasteiger partial charge in [0.15, 0.2) is 0 Å². The van der Waals surface area contributed by atoms with Crippen LogP contribution in [0.2, 0.25) is 14.0 Å². The molecule has 0 heterocycles. The van der Waals surface area contributed by atoms with Crippen LogP contribution in [0.3, 0.4) is 0 Å². The predicted molar refractivity (Wildman–Crippen MR) is 141 cm³/mol.